The average Bonchev–Trinajstić information content (AvgIpc) is 3.48. The van der Waals surface area contributed by atoms with Crippen LogP contribution in [0.2, 0.25) is 0 Å². The molecule has 10 heteroatoms. The number of benzene rings is 3. The van der Waals surface area contributed by atoms with Gasteiger partial charge in [-0.2, -0.15) is 0 Å². The summed E-state index contributed by atoms with van der Waals surface area (Å²) in [6.45, 7) is 5.77. The molecule has 0 spiro atoms. The number of ketones is 1. The quantitative estimate of drug-likeness (QED) is 0.112. The van der Waals surface area contributed by atoms with Gasteiger partial charge in [-0.15, -0.1) is 0 Å². The molecule has 3 aromatic carbocycles. The summed E-state index contributed by atoms with van der Waals surface area (Å²) in [7, 11) is 0. The van der Waals surface area contributed by atoms with Crippen molar-refractivity contribution in [3.8, 4) is 5.75 Å². The Bertz CT molecular complexity index is 1690. The van der Waals surface area contributed by atoms with Crippen LogP contribution in [0.1, 0.15) is 50.6 Å². The second kappa shape index (κ2) is 12.0. The van der Waals surface area contributed by atoms with E-state index in [1.165, 1.54) is 24.3 Å². The molecule has 4 aromatic rings. The van der Waals surface area contributed by atoms with E-state index in [-0.39, 0.29) is 27.8 Å². The third-order valence-corrected chi connectivity index (χ3v) is 7.83. The first-order valence-corrected chi connectivity index (χ1v) is 14.0. The number of Topliss-reactive ketones (excluding diaryl/α,β-unsaturated/α-hetero) is 1. The van der Waals surface area contributed by atoms with Crippen molar-refractivity contribution < 1.29 is 33.4 Å². The maximum absolute atomic E-state index is 13.8. The lowest BCUT2D eigenvalue weighted by Gasteiger charge is -2.23. The zero-order valence-electron chi connectivity index (χ0n) is 23.1. The lowest BCUT2D eigenvalue weighted by molar-refractivity contribution is -0.132. The summed E-state index contributed by atoms with van der Waals surface area (Å²) in [5.74, 6) is -2.84. The minimum Gasteiger partial charge on any atom is -0.507 e. The Hall–Kier alpha value is -4.83. The van der Waals surface area contributed by atoms with Crippen molar-refractivity contribution in [1.82, 2.24) is 4.98 Å². The van der Waals surface area contributed by atoms with Crippen LogP contribution >= 0.6 is 11.3 Å². The Morgan fingerprint density at radius 1 is 1.05 bits per heavy atom. The first-order valence-electron chi connectivity index (χ1n) is 13.2. The minimum absolute atomic E-state index is 0.0749. The number of carbonyl (C=O) groups is 3. The molecule has 1 amide bonds. The molecule has 42 heavy (non-hydrogen) atoms. The van der Waals surface area contributed by atoms with Gasteiger partial charge in [-0.05, 0) is 68.3 Å². The van der Waals surface area contributed by atoms with Gasteiger partial charge in [0.25, 0.3) is 5.78 Å². The predicted octanol–water partition coefficient (Wildman–Crippen LogP) is 6.28. The SMILES string of the molecule is CCOC(=O)c1sc(N2C(=O)C(=O)/C(=C(/O)c3ccc(OCc4cccc(C)c4)cc3)C2c2ccc(F)cc2)nc1C. The van der Waals surface area contributed by atoms with Crippen LogP contribution in [0.15, 0.2) is 78.4 Å². The fourth-order valence-corrected chi connectivity index (χ4v) is 5.68. The van der Waals surface area contributed by atoms with E-state index in [9.17, 15) is 23.9 Å². The lowest BCUT2D eigenvalue weighted by atomic mass is 9.95. The Kier molecular flexibility index (Phi) is 8.17. The molecule has 8 nitrogen and oxygen atoms in total. The van der Waals surface area contributed by atoms with E-state index >= 15 is 0 Å². The molecule has 1 aliphatic heterocycles. The number of aryl methyl sites for hydroxylation is 2. The highest BCUT2D eigenvalue weighted by Gasteiger charge is 2.48. The summed E-state index contributed by atoms with van der Waals surface area (Å²) in [4.78, 5) is 44.9. The number of anilines is 1. The molecular weight excluding hydrogens is 559 g/mol. The maximum atomic E-state index is 13.8. The van der Waals surface area contributed by atoms with Crippen LogP contribution in [-0.2, 0) is 20.9 Å². The average molecular weight is 587 g/mol. The third kappa shape index (κ3) is 5.66. The van der Waals surface area contributed by atoms with E-state index in [0.29, 0.717) is 23.6 Å². The number of hydrogen-bond donors (Lipinski definition) is 1. The highest BCUT2D eigenvalue weighted by molar-refractivity contribution is 7.17. The standard InChI is InChI=1S/C32H27FN2O6S/c1-4-40-31(39)29-19(3)34-32(42-29)35-26(21-8-12-23(33)13-9-21)25(28(37)30(35)38)27(36)22-10-14-24(15-11-22)41-17-20-7-5-6-18(2)16-20/h5-16,26,36H,4,17H2,1-3H3/b27-25+. The molecule has 5 rings (SSSR count). The number of halogens is 1. The highest BCUT2D eigenvalue weighted by Crippen LogP contribution is 2.44. The fraction of sp³-hybridized carbons (Fsp3) is 0.188. The summed E-state index contributed by atoms with van der Waals surface area (Å²) in [5.41, 5.74) is 2.92. The highest BCUT2D eigenvalue weighted by atomic mass is 32.1. The van der Waals surface area contributed by atoms with E-state index in [2.05, 4.69) is 4.98 Å². The van der Waals surface area contributed by atoms with E-state index in [4.69, 9.17) is 9.47 Å². The molecule has 1 saturated heterocycles. The smallest absolute Gasteiger partial charge is 0.350 e. The van der Waals surface area contributed by atoms with Gasteiger partial charge in [-0.3, -0.25) is 14.5 Å². The molecule has 0 aliphatic carbocycles. The molecule has 1 N–H and O–H groups in total. The van der Waals surface area contributed by atoms with Crippen LogP contribution in [0.4, 0.5) is 9.52 Å². The van der Waals surface area contributed by atoms with Crippen molar-refractivity contribution >= 4 is 39.9 Å². The number of aliphatic hydroxyl groups is 1. The Labute approximate surface area is 245 Å². The van der Waals surface area contributed by atoms with Gasteiger partial charge in [0.05, 0.1) is 23.9 Å². The Morgan fingerprint density at radius 2 is 1.76 bits per heavy atom. The molecule has 214 valence electrons. The number of ether oxygens (including phenoxy) is 2. The second-order valence-electron chi connectivity index (χ2n) is 9.65. The molecule has 1 unspecified atom stereocenters. The van der Waals surface area contributed by atoms with E-state index in [0.717, 1.165) is 27.4 Å². The van der Waals surface area contributed by atoms with Gasteiger partial charge in [-0.25, -0.2) is 14.2 Å². The first-order chi connectivity index (χ1) is 20.2. The molecule has 0 radical (unpaired) electrons. The fourth-order valence-electron chi connectivity index (χ4n) is 4.69. The molecular formula is C32H27FN2O6S. The molecule has 1 aromatic heterocycles. The molecule has 0 saturated carbocycles. The Morgan fingerprint density at radius 3 is 2.43 bits per heavy atom. The van der Waals surface area contributed by atoms with Gasteiger partial charge in [0.15, 0.2) is 5.13 Å². The molecule has 1 fully saturated rings. The maximum Gasteiger partial charge on any atom is 0.350 e. The number of aliphatic hydroxyl groups excluding tert-OH is 1. The molecule has 2 heterocycles. The summed E-state index contributed by atoms with van der Waals surface area (Å²) in [6, 6.07) is 18.6. The summed E-state index contributed by atoms with van der Waals surface area (Å²) in [6.07, 6.45) is 0. The number of aromatic nitrogens is 1. The van der Waals surface area contributed by atoms with Crippen molar-refractivity contribution in [3.05, 3.63) is 117 Å². The number of hydrogen-bond acceptors (Lipinski definition) is 8. The summed E-state index contributed by atoms with van der Waals surface area (Å²) in [5, 5.41) is 11.5. The monoisotopic (exact) mass is 586 g/mol. The van der Waals surface area contributed by atoms with E-state index < -0.39 is 35.3 Å². The van der Waals surface area contributed by atoms with Crippen molar-refractivity contribution in [2.45, 2.75) is 33.4 Å². The zero-order valence-corrected chi connectivity index (χ0v) is 23.9. The van der Waals surface area contributed by atoms with Crippen molar-refractivity contribution in [2.24, 2.45) is 0 Å². The van der Waals surface area contributed by atoms with Gasteiger partial charge in [0.1, 0.15) is 28.8 Å². The van der Waals surface area contributed by atoms with Crippen LogP contribution in [0.3, 0.4) is 0 Å². The van der Waals surface area contributed by atoms with Crippen LogP contribution < -0.4 is 9.64 Å². The third-order valence-electron chi connectivity index (χ3n) is 6.70. The summed E-state index contributed by atoms with van der Waals surface area (Å²) >= 11 is 0.901. The Balaban J connectivity index is 1.52. The number of thiazole rings is 1. The predicted molar refractivity (Wildman–Crippen MR) is 156 cm³/mol. The molecule has 1 atom stereocenters. The van der Waals surface area contributed by atoms with Crippen LogP contribution in [-0.4, -0.2) is 34.4 Å². The van der Waals surface area contributed by atoms with Gasteiger partial charge in [0, 0.05) is 5.56 Å². The number of esters is 1. The number of rotatable bonds is 8. The molecule has 0 bridgehead atoms. The largest absolute Gasteiger partial charge is 0.507 e. The van der Waals surface area contributed by atoms with Gasteiger partial charge in [0.2, 0.25) is 0 Å². The van der Waals surface area contributed by atoms with Gasteiger partial charge in [-0.1, -0.05) is 53.3 Å². The van der Waals surface area contributed by atoms with Crippen LogP contribution in [0.25, 0.3) is 5.76 Å². The summed E-state index contributed by atoms with van der Waals surface area (Å²) < 4.78 is 24.8. The second-order valence-corrected chi connectivity index (χ2v) is 10.6. The van der Waals surface area contributed by atoms with Crippen molar-refractivity contribution in [2.75, 3.05) is 11.5 Å². The van der Waals surface area contributed by atoms with Crippen LogP contribution in [0, 0.1) is 19.7 Å². The van der Waals surface area contributed by atoms with E-state index in [1.807, 2.05) is 31.2 Å². The first kappa shape index (κ1) is 28.7. The van der Waals surface area contributed by atoms with Crippen LogP contribution in [0.5, 0.6) is 5.75 Å². The normalized spacial score (nSPS) is 16.1. The number of amides is 1. The van der Waals surface area contributed by atoms with Gasteiger partial charge < -0.3 is 14.6 Å². The van der Waals surface area contributed by atoms with Gasteiger partial charge >= 0.3 is 11.9 Å². The molecule has 1 aliphatic rings. The number of carbonyl (C=O) groups excluding carboxylic acids is 3. The number of nitrogens with zero attached hydrogens (tertiary/aromatic N) is 2. The lowest BCUT2D eigenvalue weighted by Crippen LogP contribution is -2.29. The minimum atomic E-state index is -1.12. The topological polar surface area (TPSA) is 106 Å². The van der Waals surface area contributed by atoms with Crippen molar-refractivity contribution in [3.63, 3.8) is 0 Å². The van der Waals surface area contributed by atoms with Crippen molar-refractivity contribution in [1.29, 1.82) is 0 Å². The van der Waals surface area contributed by atoms with E-state index in [1.54, 1.807) is 38.1 Å². The zero-order chi connectivity index (χ0) is 30.0.